The van der Waals surface area contributed by atoms with E-state index in [0.717, 1.165) is 16.6 Å². The van der Waals surface area contributed by atoms with Crippen molar-refractivity contribution in [2.75, 3.05) is 5.32 Å². The Morgan fingerprint density at radius 1 is 1.15 bits per heavy atom. The minimum Gasteiger partial charge on any atom is -0.382 e. The largest absolute Gasteiger partial charge is 0.382 e. The summed E-state index contributed by atoms with van der Waals surface area (Å²) in [6, 6.07) is 9.35. The zero-order valence-electron chi connectivity index (χ0n) is 12.2. The third-order valence-corrected chi connectivity index (χ3v) is 5.04. The molecule has 1 fully saturated rings. The molecule has 1 N–H and O–H groups in total. The second-order valence-electron chi connectivity index (χ2n) is 5.84. The Bertz CT molecular complexity index is 559. The molecule has 0 bridgehead atoms. The highest BCUT2D eigenvalue weighted by atomic mass is 32.1. The number of hydrogen-bond acceptors (Lipinski definition) is 3. The van der Waals surface area contributed by atoms with Crippen LogP contribution < -0.4 is 5.32 Å². The zero-order valence-corrected chi connectivity index (χ0v) is 13.0. The van der Waals surface area contributed by atoms with Crippen LogP contribution in [0.25, 0.3) is 11.3 Å². The van der Waals surface area contributed by atoms with Crippen molar-refractivity contribution < 1.29 is 0 Å². The first-order chi connectivity index (χ1) is 9.72. The van der Waals surface area contributed by atoms with Gasteiger partial charge in [-0.2, -0.15) is 0 Å². The van der Waals surface area contributed by atoms with Crippen molar-refractivity contribution in [1.29, 1.82) is 0 Å². The normalized spacial score (nSPS) is 22.7. The topological polar surface area (TPSA) is 24.9 Å². The Kier molecular flexibility index (Phi) is 4.06. The molecule has 106 valence electrons. The minimum absolute atomic E-state index is 0.635. The Morgan fingerprint density at radius 2 is 1.90 bits per heavy atom. The van der Waals surface area contributed by atoms with Crippen LogP contribution >= 0.6 is 11.3 Å². The summed E-state index contributed by atoms with van der Waals surface area (Å²) in [5.74, 6) is 0.782. The molecule has 1 heterocycles. The summed E-state index contributed by atoms with van der Waals surface area (Å²) >= 11 is 1.71. The first-order valence-corrected chi connectivity index (χ1v) is 8.39. The SMILES string of the molecule is Cc1nc(-c2ccc(NC3CCCCC3C)cc2)cs1. The van der Waals surface area contributed by atoms with Gasteiger partial charge in [0.15, 0.2) is 0 Å². The van der Waals surface area contributed by atoms with Crippen LogP contribution in [0.4, 0.5) is 5.69 Å². The van der Waals surface area contributed by atoms with Gasteiger partial charge in [-0.05, 0) is 37.8 Å². The van der Waals surface area contributed by atoms with E-state index in [1.54, 1.807) is 11.3 Å². The zero-order chi connectivity index (χ0) is 13.9. The first-order valence-electron chi connectivity index (χ1n) is 7.51. The number of benzene rings is 1. The third-order valence-electron chi connectivity index (χ3n) is 4.26. The molecule has 2 unspecified atom stereocenters. The molecule has 1 saturated carbocycles. The van der Waals surface area contributed by atoms with Gasteiger partial charge in [-0.15, -0.1) is 11.3 Å². The standard InChI is InChI=1S/C17H22N2S/c1-12-5-3-4-6-16(12)19-15-9-7-14(8-10-15)17-11-20-13(2)18-17/h7-12,16,19H,3-6H2,1-2H3. The summed E-state index contributed by atoms with van der Waals surface area (Å²) < 4.78 is 0. The number of aromatic nitrogens is 1. The van der Waals surface area contributed by atoms with Crippen molar-refractivity contribution in [1.82, 2.24) is 4.98 Å². The lowest BCUT2D eigenvalue weighted by Crippen LogP contribution is -2.30. The van der Waals surface area contributed by atoms with Gasteiger partial charge in [0.1, 0.15) is 0 Å². The number of hydrogen-bond donors (Lipinski definition) is 1. The van der Waals surface area contributed by atoms with Gasteiger partial charge < -0.3 is 5.32 Å². The van der Waals surface area contributed by atoms with Gasteiger partial charge in [0.2, 0.25) is 0 Å². The monoisotopic (exact) mass is 286 g/mol. The summed E-state index contributed by atoms with van der Waals surface area (Å²) in [5.41, 5.74) is 3.53. The number of rotatable bonds is 3. The molecule has 3 rings (SSSR count). The summed E-state index contributed by atoms with van der Waals surface area (Å²) in [7, 11) is 0. The molecule has 20 heavy (non-hydrogen) atoms. The molecule has 2 atom stereocenters. The highest BCUT2D eigenvalue weighted by Gasteiger charge is 2.20. The van der Waals surface area contributed by atoms with Gasteiger partial charge in [-0.3, -0.25) is 0 Å². The number of aryl methyl sites for hydroxylation is 1. The Labute approximate surface area is 125 Å². The van der Waals surface area contributed by atoms with E-state index in [1.807, 2.05) is 0 Å². The van der Waals surface area contributed by atoms with E-state index in [1.165, 1.54) is 36.9 Å². The van der Waals surface area contributed by atoms with E-state index >= 15 is 0 Å². The molecular weight excluding hydrogens is 264 g/mol. The van der Waals surface area contributed by atoms with Crippen molar-refractivity contribution in [2.24, 2.45) is 5.92 Å². The molecule has 2 aromatic rings. The first kappa shape index (κ1) is 13.6. The van der Waals surface area contributed by atoms with Crippen molar-refractivity contribution in [3.05, 3.63) is 34.7 Å². The smallest absolute Gasteiger partial charge is 0.0901 e. The molecule has 0 spiro atoms. The van der Waals surface area contributed by atoms with Crippen LogP contribution in [0.1, 0.15) is 37.6 Å². The van der Waals surface area contributed by atoms with Gasteiger partial charge in [0.25, 0.3) is 0 Å². The Balaban J connectivity index is 1.69. The predicted octanol–water partition coefficient (Wildman–Crippen LogP) is 5.11. The van der Waals surface area contributed by atoms with Crippen LogP contribution in [0, 0.1) is 12.8 Å². The van der Waals surface area contributed by atoms with E-state index in [4.69, 9.17) is 0 Å². The lowest BCUT2D eigenvalue weighted by atomic mass is 9.86. The highest BCUT2D eigenvalue weighted by molar-refractivity contribution is 7.09. The van der Waals surface area contributed by atoms with Crippen molar-refractivity contribution in [3.63, 3.8) is 0 Å². The number of thiazole rings is 1. The fourth-order valence-electron chi connectivity index (χ4n) is 2.98. The maximum atomic E-state index is 4.54. The van der Waals surface area contributed by atoms with Crippen LogP contribution in [0.2, 0.25) is 0 Å². The Hall–Kier alpha value is -1.35. The maximum Gasteiger partial charge on any atom is 0.0901 e. The van der Waals surface area contributed by atoms with E-state index < -0.39 is 0 Å². The molecule has 1 aromatic carbocycles. The van der Waals surface area contributed by atoms with Gasteiger partial charge in [0.05, 0.1) is 10.7 Å². The summed E-state index contributed by atoms with van der Waals surface area (Å²) in [4.78, 5) is 4.54. The molecule has 0 aliphatic heterocycles. The van der Waals surface area contributed by atoms with Gasteiger partial charge in [-0.1, -0.05) is 31.9 Å². The predicted molar refractivity (Wildman–Crippen MR) is 87.3 cm³/mol. The summed E-state index contributed by atoms with van der Waals surface area (Å²) in [5, 5.41) is 6.95. The van der Waals surface area contributed by atoms with Crippen LogP contribution in [-0.4, -0.2) is 11.0 Å². The number of nitrogens with zero attached hydrogens (tertiary/aromatic N) is 1. The molecule has 0 amide bonds. The average Bonchev–Trinajstić information content (AvgIpc) is 2.89. The van der Waals surface area contributed by atoms with Crippen LogP contribution in [0.3, 0.4) is 0 Å². The van der Waals surface area contributed by atoms with E-state index in [0.29, 0.717) is 6.04 Å². The summed E-state index contributed by atoms with van der Waals surface area (Å²) in [6.45, 7) is 4.41. The Morgan fingerprint density at radius 3 is 2.55 bits per heavy atom. The average molecular weight is 286 g/mol. The van der Waals surface area contributed by atoms with Crippen LogP contribution in [0.15, 0.2) is 29.6 Å². The fraction of sp³-hybridized carbons (Fsp3) is 0.471. The second kappa shape index (κ2) is 5.96. The van der Waals surface area contributed by atoms with E-state index in [-0.39, 0.29) is 0 Å². The number of anilines is 1. The maximum absolute atomic E-state index is 4.54. The molecule has 1 aliphatic carbocycles. The van der Waals surface area contributed by atoms with E-state index in [9.17, 15) is 0 Å². The fourth-order valence-corrected chi connectivity index (χ4v) is 3.60. The number of nitrogens with one attached hydrogen (secondary N) is 1. The molecular formula is C17H22N2S. The second-order valence-corrected chi connectivity index (χ2v) is 6.90. The molecule has 1 aliphatic rings. The van der Waals surface area contributed by atoms with Gasteiger partial charge >= 0.3 is 0 Å². The summed E-state index contributed by atoms with van der Waals surface area (Å²) in [6.07, 6.45) is 5.40. The van der Waals surface area contributed by atoms with Crippen molar-refractivity contribution in [2.45, 2.75) is 45.6 Å². The molecule has 2 nitrogen and oxygen atoms in total. The minimum atomic E-state index is 0.635. The van der Waals surface area contributed by atoms with Gasteiger partial charge in [-0.25, -0.2) is 4.98 Å². The van der Waals surface area contributed by atoms with Crippen LogP contribution in [-0.2, 0) is 0 Å². The molecule has 1 aromatic heterocycles. The van der Waals surface area contributed by atoms with E-state index in [2.05, 4.69) is 53.8 Å². The molecule has 0 saturated heterocycles. The lowest BCUT2D eigenvalue weighted by molar-refractivity contribution is 0.349. The van der Waals surface area contributed by atoms with Crippen molar-refractivity contribution >= 4 is 17.0 Å². The third kappa shape index (κ3) is 3.04. The lowest BCUT2D eigenvalue weighted by Gasteiger charge is -2.30. The quantitative estimate of drug-likeness (QED) is 0.848. The van der Waals surface area contributed by atoms with Gasteiger partial charge in [0, 0.05) is 22.7 Å². The van der Waals surface area contributed by atoms with Crippen LogP contribution in [0.5, 0.6) is 0 Å². The van der Waals surface area contributed by atoms with Crippen molar-refractivity contribution in [3.8, 4) is 11.3 Å². The highest BCUT2D eigenvalue weighted by Crippen LogP contribution is 2.28. The molecule has 3 heteroatoms. The molecule has 0 radical (unpaired) electrons.